The molecule has 1 aromatic rings. The van der Waals surface area contributed by atoms with Crippen LogP contribution in [0, 0.1) is 5.92 Å². The smallest absolute Gasteiger partial charge is 0.251 e. The number of hydrogen-bond acceptors (Lipinski definition) is 3. The Hall–Kier alpha value is -1.59. The second kappa shape index (κ2) is 10.3. The standard InChI is InChI=1S/C18H27N3O2.ClH/c1-14(19)15-9-12-21(13-10-15)17(22)8-5-11-20-18(23)16-6-3-2-4-7-16;/h2-4,6-7,14-15H,5,8-13,19H2,1H3,(H,20,23);1H. The SMILES string of the molecule is CC(N)C1CCN(C(=O)CCCNC(=O)c2ccccc2)CC1.Cl. The van der Waals surface area contributed by atoms with Crippen molar-refractivity contribution in [1.29, 1.82) is 0 Å². The lowest BCUT2D eigenvalue weighted by Crippen LogP contribution is -2.42. The molecule has 1 aromatic carbocycles. The summed E-state index contributed by atoms with van der Waals surface area (Å²) in [6.07, 6.45) is 3.14. The number of piperidine rings is 1. The molecule has 0 saturated carbocycles. The molecule has 2 rings (SSSR count). The first-order valence-corrected chi connectivity index (χ1v) is 8.44. The maximum Gasteiger partial charge on any atom is 0.251 e. The van der Waals surface area contributed by atoms with E-state index in [1.54, 1.807) is 12.1 Å². The number of rotatable bonds is 6. The Labute approximate surface area is 150 Å². The predicted octanol–water partition coefficient (Wildman–Crippen LogP) is 2.20. The van der Waals surface area contributed by atoms with Crippen LogP contribution in [0.3, 0.4) is 0 Å². The molecule has 1 aliphatic heterocycles. The van der Waals surface area contributed by atoms with Crippen LogP contribution < -0.4 is 11.1 Å². The molecule has 0 aromatic heterocycles. The van der Waals surface area contributed by atoms with Gasteiger partial charge in [0, 0.05) is 37.7 Å². The fraction of sp³-hybridized carbons (Fsp3) is 0.556. The Bertz CT molecular complexity index is 514. The minimum Gasteiger partial charge on any atom is -0.352 e. The molecule has 6 heteroatoms. The van der Waals surface area contributed by atoms with E-state index in [0.717, 1.165) is 25.9 Å². The van der Waals surface area contributed by atoms with Gasteiger partial charge < -0.3 is 16.0 Å². The Morgan fingerprint density at radius 1 is 1.25 bits per heavy atom. The van der Waals surface area contributed by atoms with E-state index in [1.165, 1.54) is 0 Å². The maximum absolute atomic E-state index is 12.2. The van der Waals surface area contributed by atoms with Crippen LogP contribution in [0.2, 0.25) is 0 Å². The predicted molar refractivity (Wildman–Crippen MR) is 98.2 cm³/mol. The van der Waals surface area contributed by atoms with Crippen molar-refractivity contribution >= 4 is 24.2 Å². The maximum atomic E-state index is 12.2. The lowest BCUT2D eigenvalue weighted by molar-refractivity contribution is -0.132. The molecule has 24 heavy (non-hydrogen) atoms. The first-order chi connectivity index (χ1) is 11.1. The monoisotopic (exact) mass is 353 g/mol. The van der Waals surface area contributed by atoms with Gasteiger partial charge >= 0.3 is 0 Å². The highest BCUT2D eigenvalue weighted by atomic mass is 35.5. The molecule has 0 bridgehead atoms. The van der Waals surface area contributed by atoms with E-state index in [1.807, 2.05) is 30.0 Å². The van der Waals surface area contributed by atoms with Crippen molar-refractivity contribution in [2.75, 3.05) is 19.6 Å². The van der Waals surface area contributed by atoms with E-state index in [-0.39, 0.29) is 30.3 Å². The first kappa shape index (κ1) is 20.5. The molecular weight excluding hydrogens is 326 g/mol. The Kier molecular flexibility index (Phi) is 8.79. The molecular formula is C18H28ClN3O2. The molecule has 5 nitrogen and oxygen atoms in total. The molecule has 1 saturated heterocycles. The quantitative estimate of drug-likeness (QED) is 0.770. The third-order valence-corrected chi connectivity index (χ3v) is 4.52. The summed E-state index contributed by atoms with van der Waals surface area (Å²) in [7, 11) is 0. The molecule has 3 N–H and O–H groups in total. The fourth-order valence-electron chi connectivity index (χ4n) is 2.97. The third-order valence-electron chi connectivity index (χ3n) is 4.52. The average Bonchev–Trinajstić information content (AvgIpc) is 2.59. The molecule has 1 aliphatic rings. The van der Waals surface area contributed by atoms with Crippen LogP contribution in [-0.2, 0) is 4.79 Å². The topological polar surface area (TPSA) is 75.4 Å². The summed E-state index contributed by atoms with van der Waals surface area (Å²) in [4.78, 5) is 26.0. The number of carbonyl (C=O) groups is 2. The van der Waals surface area contributed by atoms with Crippen molar-refractivity contribution in [3.8, 4) is 0 Å². The van der Waals surface area contributed by atoms with Gasteiger partial charge in [0.2, 0.25) is 5.91 Å². The molecule has 1 unspecified atom stereocenters. The summed E-state index contributed by atoms with van der Waals surface area (Å²) < 4.78 is 0. The van der Waals surface area contributed by atoms with Gasteiger partial charge in [0.15, 0.2) is 0 Å². The number of hydrogen-bond donors (Lipinski definition) is 2. The molecule has 2 amide bonds. The van der Waals surface area contributed by atoms with Crippen molar-refractivity contribution in [2.24, 2.45) is 11.7 Å². The highest BCUT2D eigenvalue weighted by molar-refractivity contribution is 5.94. The zero-order valence-corrected chi connectivity index (χ0v) is 15.1. The summed E-state index contributed by atoms with van der Waals surface area (Å²) in [5.74, 6) is 0.627. The highest BCUT2D eigenvalue weighted by Crippen LogP contribution is 2.20. The molecule has 1 fully saturated rings. The van der Waals surface area contributed by atoms with Crippen molar-refractivity contribution in [3.05, 3.63) is 35.9 Å². The molecule has 0 radical (unpaired) electrons. The van der Waals surface area contributed by atoms with E-state index in [9.17, 15) is 9.59 Å². The minimum atomic E-state index is -0.0872. The fourth-order valence-corrected chi connectivity index (χ4v) is 2.97. The zero-order chi connectivity index (χ0) is 16.7. The summed E-state index contributed by atoms with van der Waals surface area (Å²) in [5, 5.41) is 2.85. The van der Waals surface area contributed by atoms with Crippen LogP contribution in [0.5, 0.6) is 0 Å². The number of benzene rings is 1. The lowest BCUT2D eigenvalue weighted by Gasteiger charge is -2.33. The van der Waals surface area contributed by atoms with Crippen LogP contribution >= 0.6 is 12.4 Å². The van der Waals surface area contributed by atoms with E-state index < -0.39 is 0 Å². The van der Waals surface area contributed by atoms with Gasteiger partial charge in [0.05, 0.1) is 0 Å². The van der Waals surface area contributed by atoms with Crippen LogP contribution in [0.25, 0.3) is 0 Å². The first-order valence-electron chi connectivity index (χ1n) is 8.44. The van der Waals surface area contributed by atoms with Gasteiger partial charge in [0.25, 0.3) is 5.91 Å². The van der Waals surface area contributed by atoms with Crippen LogP contribution in [0.1, 0.15) is 43.0 Å². The second-order valence-corrected chi connectivity index (χ2v) is 6.30. The second-order valence-electron chi connectivity index (χ2n) is 6.30. The molecule has 134 valence electrons. The molecule has 1 heterocycles. The Morgan fingerprint density at radius 2 is 1.88 bits per heavy atom. The van der Waals surface area contributed by atoms with Gasteiger partial charge in [-0.1, -0.05) is 18.2 Å². The van der Waals surface area contributed by atoms with Gasteiger partial charge in [-0.25, -0.2) is 0 Å². The van der Waals surface area contributed by atoms with Crippen molar-refractivity contribution < 1.29 is 9.59 Å². The van der Waals surface area contributed by atoms with Crippen molar-refractivity contribution in [2.45, 2.75) is 38.6 Å². The number of carbonyl (C=O) groups excluding carboxylic acids is 2. The summed E-state index contributed by atoms with van der Waals surface area (Å²) in [5.41, 5.74) is 6.57. The van der Waals surface area contributed by atoms with E-state index in [0.29, 0.717) is 30.9 Å². The van der Waals surface area contributed by atoms with Gasteiger partial charge in [0.1, 0.15) is 0 Å². The largest absolute Gasteiger partial charge is 0.352 e. The van der Waals surface area contributed by atoms with Gasteiger partial charge in [-0.3, -0.25) is 9.59 Å². The van der Waals surface area contributed by atoms with Gasteiger partial charge in [-0.2, -0.15) is 0 Å². The normalized spacial score (nSPS) is 16.2. The van der Waals surface area contributed by atoms with E-state index >= 15 is 0 Å². The number of nitrogens with one attached hydrogen (secondary N) is 1. The van der Waals surface area contributed by atoms with Crippen molar-refractivity contribution in [3.63, 3.8) is 0 Å². The third kappa shape index (κ3) is 6.13. The lowest BCUT2D eigenvalue weighted by atomic mass is 9.91. The summed E-state index contributed by atoms with van der Waals surface area (Å²) in [6, 6.07) is 9.32. The van der Waals surface area contributed by atoms with Crippen LogP contribution in [0.4, 0.5) is 0 Å². The number of likely N-dealkylation sites (tertiary alicyclic amines) is 1. The zero-order valence-electron chi connectivity index (χ0n) is 14.2. The highest BCUT2D eigenvalue weighted by Gasteiger charge is 2.24. The molecule has 1 atom stereocenters. The number of nitrogens with two attached hydrogens (primary N) is 1. The van der Waals surface area contributed by atoms with Gasteiger partial charge in [-0.15, -0.1) is 12.4 Å². The van der Waals surface area contributed by atoms with Gasteiger partial charge in [-0.05, 0) is 44.2 Å². The number of halogens is 1. The van der Waals surface area contributed by atoms with Crippen LogP contribution in [0.15, 0.2) is 30.3 Å². The average molecular weight is 354 g/mol. The van der Waals surface area contributed by atoms with E-state index in [4.69, 9.17) is 5.73 Å². The Morgan fingerprint density at radius 3 is 2.46 bits per heavy atom. The Balaban J connectivity index is 0.00000288. The van der Waals surface area contributed by atoms with E-state index in [2.05, 4.69) is 5.32 Å². The molecule has 0 aliphatic carbocycles. The summed E-state index contributed by atoms with van der Waals surface area (Å²) in [6.45, 7) is 4.18. The molecule has 0 spiro atoms. The van der Waals surface area contributed by atoms with Crippen LogP contribution in [-0.4, -0.2) is 42.4 Å². The van der Waals surface area contributed by atoms with Crippen molar-refractivity contribution in [1.82, 2.24) is 10.2 Å². The minimum absolute atomic E-state index is 0. The number of amides is 2. The number of nitrogens with zero attached hydrogens (tertiary/aromatic N) is 1. The summed E-state index contributed by atoms with van der Waals surface area (Å²) >= 11 is 0.